The molecular formula is C14H14N2O4. The van der Waals surface area contributed by atoms with Gasteiger partial charge in [0.15, 0.2) is 0 Å². The second-order valence-electron chi connectivity index (χ2n) is 4.78. The van der Waals surface area contributed by atoms with Crippen molar-refractivity contribution in [3.05, 3.63) is 40.8 Å². The van der Waals surface area contributed by atoms with Crippen LogP contribution in [0.3, 0.4) is 0 Å². The van der Waals surface area contributed by atoms with Crippen LogP contribution in [-0.2, 0) is 0 Å². The van der Waals surface area contributed by atoms with Crippen LogP contribution < -0.4 is 15.8 Å². The number of nitrogens with one attached hydrogen (secondary N) is 1. The zero-order chi connectivity index (χ0) is 14.1. The van der Waals surface area contributed by atoms with Crippen molar-refractivity contribution < 1.29 is 14.3 Å². The van der Waals surface area contributed by atoms with Gasteiger partial charge < -0.3 is 14.8 Å². The topological polar surface area (TPSA) is 82.8 Å². The number of carbonyl (C=O) groups is 1. The number of amides is 1. The Morgan fingerprint density at radius 1 is 1.35 bits per heavy atom. The molecule has 0 bridgehead atoms. The maximum absolute atomic E-state index is 11.5. The molecule has 0 saturated carbocycles. The number of hydrogen-bond acceptors (Lipinski definition) is 4. The Morgan fingerprint density at radius 3 is 2.85 bits per heavy atom. The average molecular weight is 274 g/mol. The Bertz CT molecular complexity index is 704. The van der Waals surface area contributed by atoms with Crippen molar-refractivity contribution in [1.82, 2.24) is 5.32 Å². The Labute approximate surface area is 114 Å². The molecule has 1 aromatic heterocycles. The third-order valence-electron chi connectivity index (χ3n) is 3.49. The van der Waals surface area contributed by atoms with Crippen LogP contribution in [0.15, 0.2) is 39.5 Å². The Hall–Kier alpha value is -2.34. The summed E-state index contributed by atoms with van der Waals surface area (Å²) in [5.74, 6) is 0. The summed E-state index contributed by atoms with van der Waals surface area (Å²) in [5, 5.41) is 13.3. The molecule has 0 aliphatic carbocycles. The summed E-state index contributed by atoms with van der Waals surface area (Å²) in [7, 11) is 0. The summed E-state index contributed by atoms with van der Waals surface area (Å²) in [4.78, 5) is 24.1. The Kier molecular flexibility index (Phi) is 3.15. The molecule has 0 spiro atoms. The predicted molar refractivity (Wildman–Crippen MR) is 74.3 cm³/mol. The van der Waals surface area contributed by atoms with Gasteiger partial charge in [0, 0.05) is 24.1 Å². The van der Waals surface area contributed by atoms with E-state index in [-0.39, 0.29) is 6.04 Å². The van der Waals surface area contributed by atoms with Crippen LogP contribution in [0, 0.1) is 0 Å². The van der Waals surface area contributed by atoms with Crippen LogP contribution in [-0.4, -0.2) is 30.3 Å². The van der Waals surface area contributed by atoms with E-state index in [9.17, 15) is 14.7 Å². The van der Waals surface area contributed by atoms with E-state index in [0.717, 1.165) is 18.4 Å². The van der Waals surface area contributed by atoms with Crippen LogP contribution in [0.4, 0.5) is 10.5 Å². The van der Waals surface area contributed by atoms with Gasteiger partial charge in [0.2, 0.25) is 0 Å². The lowest BCUT2D eigenvalue weighted by Crippen LogP contribution is -2.40. The molecule has 1 aromatic carbocycles. The molecule has 2 N–H and O–H groups in total. The van der Waals surface area contributed by atoms with Crippen molar-refractivity contribution in [2.24, 2.45) is 0 Å². The van der Waals surface area contributed by atoms with Crippen molar-refractivity contribution in [2.45, 2.75) is 12.5 Å². The van der Waals surface area contributed by atoms with Crippen molar-refractivity contribution in [3.8, 4) is 0 Å². The lowest BCUT2D eigenvalue weighted by molar-refractivity contribution is 0.199. The average Bonchev–Trinajstić information content (AvgIpc) is 2.91. The van der Waals surface area contributed by atoms with E-state index >= 15 is 0 Å². The van der Waals surface area contributed by atoms with Crippen molar-refractivity contribution >= 4 is 22.7 Å². The van der Waals surface area contributed by atoms with Gasteiger partial charge in [-0.3, -0.25) is 4.90 Å². The van der Waals surface area contributed by atoms with E-state index < -0.39 is 11.7 Å². The molecule has 1 amide bonds. The fourth-order valence-corrected chi connectivity index (χ4v) is 2.54. The molecular weight excluding hydrogens is 260 g/mol. The van der Waals surface area contributed by atoms with Crippen molar-refractivity contribution in [3.63, 3.8) is 0 Å². The first-order valence-corrected chi connectivity index (χ1v) is 6.42. The number of fused-ring (bicyclic) bond motifs is 1. The molecule has 1 saturated heterocycles. The maximum Gasteiger partial charge on any atom is 0.412 e. The SMILES string of the molecule is O=C(O)N(c1ccc2ccc(=O)oc2c1)C1CCNC1. The molecule has 6 heteroatoms. The summed E-state index contributed by atoms with van der Waals surface area (Å²) in [6.07, 6.45) is -0.236. The van der Waals surface area contributed by atoms with E-state index in [1.807, 2.05) is 0 Å². The van der Waals surface area contributed by atoms with E-state index in [0.29, 0.717) is 17.8 Å². The fourth-order valence-electron chi connectivity index (χ4n) is 2.54. The largest absolute Gasteiger partial charge is 0.465 e. The van der Waals surface area contributed by atoms with E-state index in [2.05, 4.69) is 5.32 Å². The molecule has 20 heavy (non-hydrogen) atoms. The van der Waals surface area contributed by atoms with Crippen molar-refractivity contribution in [2.75, 3.05) is 18.0 Å². The smallest absolute Gasteiger partial charge is 0.412 e. The molecule has 3 rings (SSSR count). The van der Waals surface area contributed by atoms with Crippen LogP contribution in [0.5, 0.6) is 0 Å². The first-order chi connectivity index (χ1) is 9.65. The number of carboxylic acid groups (broad SMARTS) is 1. The molecule has 104 valence electrons. The first-order valence-electron chi connectivity index (χ1n) is 6.42. The zero-order valence-corrected chi connectivity index (χ0v) is 10.7. The van der Waals surface area contributed by atoms with Gasteiger partial charge in [0.05, 0.1) is 11.7 Å². The molecule has 2 aromatic rings. The van der Waals surface area contributed by atoms with Gasteiger partial charge in [-0.05, 0) is 31.2 Å². The van der Waals surface area contributed by atoms with E-state index in [1.54, 1.807) is 24.3 Å². The normalized spacial score (nSPS) is 18.3. The zero-order valence-electron chi connectivity index (χ0n) is 10.7. The van der Waals surface area contributed by atoms with Gasteiger partial charge in [-0.25, -0.2) is 9.59 Å². The first kappa shape index (κ1) is 12.7. The van der Waals surface area contributed by atoms with E-state index in [1.165, 1.54) is 11.0 Å². The second kappa shape index (κ2) is 4.97. The molecule has 6 nitrogen and oxygen atoms in total. The molecule has 2 heterocycles. The standard InChI is InChI=1S/C14H14N2O4/c17-13-4-2-9-1-3-10(7-12(9)20-13)16(14(18)19)11-5-6-15-8-11/h1-4,7,11,15H,5-6,8H2,(H,18,19). The second-order valence-corrected chi connectivity index (χ2v) is 4.78. The molecule has 1 fully saturated rings. The maximum atomic E-state index is 11.5. The van der Waals surface area contributed by atoms with Gasteiger partial charge >= 0.3 is 11.7 Å². The monoisotopic (exact) mass is 274 g/mol. The number of hydrogen-bond donors (Lipinski definition) is 2. The summed E-state index contributed by atoms with van der Waals surface area (Å²) < 4.78 is 5.10. The molecule has 1 unspecified atom stereocenters. The third kappa shape index (κ3) is 2.25. The quantitative estimate of drug-likeness (QED) is 0.813. The lowest BCUT2D eigenvalue weighted by Gasteiger charge is -2.25. The van der Waals surface area contributed by atoms with Gasteiger partial charge in [-0.1, -0.05) is 0 Å². The van der Waals surface area contributed by atoms with Gasteiger partial charge in [0.25, 0.3) is 0 Å². The molecule has 1 aliphatic rings. The van der Waals surface area contributed by atoms with Gasteiger partial charge in [-0.15, -0.1) is 0 Å². The molecule has 0 radical (unpaired) electrons. The molecule has 1 atom stereocenters. The van der Waals surface area contributed by atoms with Gasteiger partial charge in [0.1, 0.15) is 5.58 Å². The van der Waals surface area contributed by atoms with Crippen LogP contribution >= 0.6 is 0 Å². The summed E-state index contributed by atoms with van der Waals surface area (Å²) in [6.45, 7) is 1.43. The van der Waals surface area contributed by atoms with Gasteiger partial charge in [-0.2, -0.15) is 0 Å². The minimum absolute atomic E-state index is 0.0969. The number of nitrogens with zero attached hydrogens (tertiary/aromatic N) is 1. The predicted octanol–water partition coefficient (Wildman–Crippen LogP) is 1.64. The fraction of sp³-hybridized carbons (Fsp3) is 0.286. The third-order valence-corrected chi connectivity index (χ3v) is 3.49. The summed E-state index contributed by atoms with van der Waals surface area (Å²) in [5.41, 5.74) is 0.472. The minimum Gasteiger partial charge on any atom is -0.465 e. The van der Waals surface area contributed by atoms with Crippen LogP contribution in [0.1, 0.15) is 6.42 Å². The van der Waals surface area contributed by atoms with Crippen molar-refractivity contribution in [1.29, 1.82) is 0 Å². The van der Waals surface area contributed by atoms with Crippen LogP contribution in [0.25, 0.3) is 11.0 Å². The summed E-state index contributed by atoms with van der Waals surface area (Å²) in [6, 6.07) is 8.00. The Morgan fingerprint density at radius 2 is 2.15 bits per heavy atom. The van der Waals surface area contributed by atoms with Crippen LogP contribution in [0.2, 0.25) is 0 Å². The summed E-state index contributed by atoms with van der Waals surface area (Å²) >= 11 is 0. The number of anilines is 1. The molecule has 1 aliphatic heterocycles. The number of benzene rings is 1. The Balaban J connectivity index is 2.06. The highest BCUT2D eigenvalue weighted by atomic mass is 16.4. The van der Waals surface area contributed by atoms with E-state index in [4.69, 9.17) is 4.42 Å². The highest BCUT2D eigenvalue weighted by Crippen LogP contribution is 2.24. The highest BCUT2D eigenvalue weighted by Gasteiger charge is 2.27. The minimum atomic E-state index is -1.00. The number of rotatable bonds is 2. The highest BCUT2D eigenvalue weighted by molar-refractivity contribution is 5.90. The lowest BCUT2D eigenvalue weighted by atomic mass is 10.1.